The molecule has 1 aromatic carbocycles. The highest BCUT2D eigenvalue weighted by molar-refractivity contribution is 6.46. The summed E-state index contributed by atoms with van der Waals surface area (Å²) in [5.74, 6) is -2.30. The molecule has 1 unspecified atom stereocenters. The molecule has 2 saturated heterocycles. The van der Waals surface area contributed by atoms with Gasteiger partial charge in [0.25, 0.3) is 11.7 Å². The molecule has 2 fully saturated rings. The number of aromatic nitrogens is 1. The molecule has 2 aliphatic rings. The third-order valence-electron chi connectivity index (χ3n) is 5.98. The zero-order valence-corrected chi connectivity index (χ0v) is 18.0. The minimum Gasteiger partial charge on any atom is -0.507 e. The Kier molecular flexibility index (Phi) is 6.62. The molecule has 0 saturated carbocycles. The molecule has 0 spiro atoms. The maximum absolute atomic E-state index is 14.1. The molecule has 4 rings (SSSR count). The molecule has 7 nitrogen and oxygen atoms in total. The minimum absolute atomic E-state index is 0.0316. The lowest BCUT2D eigenvalue weighted by Gasteiger charge is -2.29. The highest BCUT2D eigenvalue weighted by Gasteiger charge is 2.45. The van der Waals surface area contributed by atoms with Crippen molar-refractivity contribution in [2.45, 2.75) is 19.4 Å². The van der Waals surface area contributed by atoms with Gasteiger partial charge in [0.05, 0.1) is 24.8 Å². The lowest BCUT2D eigenvalue weighted by molar-refractivity contribution is -0.140. The van der Waals surface area contributed by atoms with Gasteiger partial charge in [0.15, 0.2) is 0 Å². The number of carbonyl (C=O) groups excluding carboxylic acids is 2. The molecule has 2 aromatic rings. The number of aryl methyl sites for hydroxylation is 1. The number of hydrogen-bond acceptors (Lipinski definition) is 6. The largest absolute Gasteiger partial charge is 0.507 e. The van der Waals surface area contributed by atoms with Gasteiger partial charge in [-0.2, -0.15) is 0 Å². The zero-order chi connectivity index (χ0) is 22.7. The molecule has 0 aliphatic carbocycles. The first kappa shape index (κ1) is 22.1. The summed E-state index contributed by atoms with van der Waals surface area (Å²) in [4.78, 5) is 33.7. The molecule has 2 aliphatic heterocycles. The highest BCUT2D eigenvalue weighted by atomic mass is 19.1. The average molecular weight is 439 g/mol. The Labute approximate surface area is 186 Å². The van der Waals surface area contributed by atoms with Gasteiger partial charge in [0, 0.05) is 44.1 Å². The van der Waals surface area contributed by atoms with E-state index in [2.05, 4.69) is 9.88 Å². The summed E-state index contributed by atoms with van der Waals surface area (Å²) in [6, 6.07) is 6.93. The normalized spacial score (nSPS) is 21.3. The lowest BCUT2D eigenvalue weighted by atomic mass is 9.95. The Balaban J connectivity index is 1.66. The number of rotatable bonds is 6. The van der Waals surface area contributed by atoms with Gasteiger partial charge in [-0.1, -0.05) is 12.1 Å². The Hall–Kier alpha value is -3.10. The quantitative estimate of drug-likeness (QED) is 0.423. The second kappa shape index (κ2) is 9.58. The van der Waals surface area contributed by atoms with Crippen LogP contribution in [-0.2, 0) is 14.3 Å². The van der Waals surface area contributed by atoms with E-state index in [-0.39, 0.29) is 16.9 Å². The number of ketones is 1. The number of morpholine rings is 1. The van der Waals surface area contributed by atoms with Gasteiger partial charge < -0.3 is 14.7 Å². The van der Waals surface area contributed by atoms with Crippen LogP contribution in [0.2, 0.25) is 0 Å². The number of hydrogen-bond donors (Lipinski definition) is 1. The second-order valence-electron chi connectivity index (χ2n) is 8.04. The molecule has 32 heavy (non-hydrogen) atoms. The monoisotopic (exact) mass is 439 g/mol. The van der Waals surface area contributed by atoms with Crippen LogP contribution >= 0.6 is 0 Å². The predicted molar refractivity (Wildman–Crippen MR) is 116 cm³/mol. The van der Waals surface area contributed by atoms with Crippen molar-refractivity contribution in [2.24, 2.45) is 0 Å². The van der Waals surface area contributed by atoms with E-state index in [4.69, 9.17) is 4.74 Å². The SMILES string of the molecule is Cc1ccc(/C(O)=C2\C(=O)C(=O)N(CCCN3CCOCC3)C2c2ccncc2)cc1F. The number of amides is 1. The van der Waals surface area contributed by atoms with Gasteiger partial charge in [0.2, 0.25) is 0 Å². The van der Waals surface area contributed by atoms with Gasteiger partial charge in [-0.3, -0.25) is 19.5 Å². The number of carbonyl (C=O) groups is 2. The van der Waals surface area contributed by atoms with Crippen LogP contribution in [0.25, 0.3) is 5.76 Å². The number of aliphatic hydroxyl groups is 1. The standard InChI is InChI=1S/C24H26FN3O4/c1-16-3-4-18(15-19(16)25)22(29)20-21(17-5-7-26-8-6-17)28(24(31)23(20)30)10-2-9-27-11-13-32-14-12-27/h3-8,15,21,29H,2,9-14H2,1H3/b22-20+. The van der Waals surface area contributed by atoms with Crippen molar-refractivity contribution in [2.75, 3.05) is 39.4 Å². The zero-order valence-electron chi connectivity index (χ0n) is 18.0. The van der Waals surface area contributed by atoms with Crippen molar-refractivity contribution in [1.82, 2.24) is 14.8 Å². The number of likely N-dealkylation sites (tertiary alicyclic amines) is 1. The third-order valence-corrected chi connectivity index (χ3v) is 5.98. The Morgan fingerprint density at radius 3 is 2.56 bits per heavy atom. The smallest absolute Gasteiger partial charge is 0.295 e. The van der Waals surface area contributed by atoms with Crippen LogP contribution in [0.5, 0.6) is 0 Å². The minimum atomic E-state index is -0.767. The predicted octanol–water partition coefficient (Wildman–Crippen LogP) is 2.67. The molecular weight excluding hydrogens is 413 g/mol. The second-order valence-corrected chi connectivity index (χ2v) is 8.04. The van der Waals surface area contributed by atoms with E-state index in [1.807, 2.05) is 0 Å². The maximum Gasteiger partial charge on any atom is 0.295 e. The topological polar surface area (TPSA) is 83.0 Å². The molecule has 1 amide bonds. The number of benzene rings is 1. The van der Waals surface area contributed by atoms with E-state index in [1.54, 1.807) is 37.5 Å². The van der Waals surface area contributed by atoms with Gasteiger partial charge in [-0.25, -0.2) is 4.39 Å². The van der Waals surface area contributed by atoms with E-state index < -0.39 is 23.5 Å². The molecule has 1 atom stereocenters. The number of pyridine rings is 1. The Morgan fingerprint density at radius 1 is 1.16 bits per heavy atom. The van der Waals surface area contributed by atoms with Crippen LogP contribution in [0.3, 0.4) is 0 Å². The van der Waals surface area contributed by atoms with Crippen LogP contribution in [0.15, 0.2) is 48.3 Å². The molecule has 8 heteroatoms. The molecular formula is C24H26FN3O4. The van der Waals surface area contributed by atoms with Crippen molar-refractivity contribution in [3.05, 3.63) is 70.8 Å². The molecule has 1 N–H and O–H groups in total. The van der Waals surface area contributed by atoms with Gasteiger partial charge in [-0.05, 0) is 42.7 Å². The molecule has 3 heterocycles. The van der Waals surface area contributed by atoms with Crippen LogP contribution in [-0.4, -0.2) is 71.0 Å². The highest BCUT2D eigenvalue weighted by Crippen LogP contribution is 2.39. The van der Waals surface area contributed by atoms with E-state index in [0.29, 0.717) is 37.3 Å². The molecule has 0 radical (unpaired) electrons. The molecule has 168 valence electrons. The Morgan fingerprint density at radius 2 is 1.88 bits per heavy atom. The molecule has 0 bridgehead atoms. The average Bonchev–Trinajstić information content (AvgIpc) is 3.06. The first-order valence-corrected chi connectivity index (χ1v) is 10.7. The fourth-order valence-electron chi connectivity index (χ4n) is 4.19. The number of aliphatic hydroxyl groups excluding tert-OH is 1. The fourth-order valence-corrected chi connectivity index (χ4v) is 4.19. The van der Waals surface area contributed by atoms with E-state index in [1.165, 1.54) is 17.0 Å². The van der Waals surface area contributed by atoms with Crippen molar-refractivity contribution in [3.8, 4) is 0 Å². The summed E-state index contributed by atoms with van der Waals surface area (Å²) in [6.07, 6.45) is 3.83. The first-order chi connectivity index (χ1) is 15.5. The maximum atomic E-state index is 14.1. The molecule has 1 aromatic heterocycles. The van der Waals surface area contributed by atoms with E-state index in [0.717, 1.165) is 19.6 Å². The lowest BCUT2D eigenvalue weighted by Crippen LogP contribution is -2.38. The number of halogens is 1. The van der Waals surface area contributed by atoms with Gasteiger partial charge in [0.1, 0.15) is 11.6 Å². The van der Waals surface area contributed by atoms with Crippen LogP contribution in [0.1, 0.15) is 29.2 Å². The van der Waals surface area contributed by atoms with E-state index in [9.17, 15) is 19.1 Å². The summed E-state index contributed by atoms with van der Waals surface area (Å²) >= 11 is 0. The van der Waals surface area contributed by atoms with Crippen LogP contribution in [0.4, 0.5) is 4.39 Å². The summed E-state index contributed by atoms with van der Waals surface area (Å²) in [6.45, 7) is 5.80. The van der Waals surface area contributed by atoms with Gasteiger partial charge in [-0.15, -0.1) is 0 Å². The summed E-state index contributed by atoms with van der Waals surface area (Å²) in [5.41, 5.74) is 1.23. The van der Waals surface area contributed by atoms with Gasteiger partial charge >= 0.3 is 0 Å². The number of Topliss-reactive ketones (excluding diaryl/α,β-unsaturated/α-hetero) is 1. The number of nitrogens with zero attached hydrogens (tertiary/aromatic N) is 3. The van der Waals surface area contributed by atoms with Crippen LogP contribution in [0, 0.1) is 12.7 Å². The van der Waals surface area contributed by atoms with Crippen LogP contribution < -0.4 is 0 Å². The summed E-state index contributed by atoms with van der Waals surface area (Å²) in [7, 11) is 0. The van der Waals surface area contributed by atoms with Crippen molar-refractivity contribution in [3.63, 3.8) is 0 Å². The first-order valence-electron chi connectivity index (χ1n) is 10.7. The van der Waals surface area contributed by atoms with Crippen molar-refractivity contribution < 1.29 is 23.8 Å². The van der Waals surface area contributed by atoms with Crippen molar-refractivity contribution in [1.29, 1.82) is 0 Å². The third kappa shape index (κ3) is 4.42. The van der Waals surface area contributed by atoms with E-state index >= 15 is 0 Å². The number of ether oxygens (including phenoxy) is 1. The Bertz CT molecular complexity index is 1030. The fraction of sp³-hybridized carbons (Fsp3) is 0.375. The summed E-state index contributed by atoms with van der Waals surface area (Å²) in [5, 5.41) is 11.0. The van der Waals surface area contributed by atoms with Crippen molar-refractivity contribution >= 4 is 17.4 Å². The summed E-state index contributed by atoms with van der Waals surface area (Å²) < 4.78 is 19.5.